The molecule has 0 saturated heterocycles. The van der Waals surface area contributed by atoms with Gasteiger partial charge in [-0.2, -0.15) is 10.2 Å². The molecular formula is C19H35N3. The molecule has 1 N–H and O–H groups in total. The second-order valence-corrected chi connectivity index (χ2v) is 8.86. The minimum atomic E-state index is 0.106. The molecule has 3 heteroatoms. The van der Waals surface area contributed by atoms with Crippen molar-refractivity contribution in [1.29, 1.82) is 0 Å². The van der Waals surface area contributed by atoms with E-state index < -0.39 is 0 Å². The average Bonchev–Trinajstić information content (AvgIpc) is 2.40. The molecule has 0 spiro atoms. The van der Waals surface area contributed by atoms with E-state index in [1.165, 1.54) is 32.1 Å². The van der Waals surface area contributed by atoms with Gasteiger partial charge >= 0.3 is 0 Å². The highest BCUT2D eigenvalue weighted by atomic mass is 15.2. The van der Waals surface area contributed by atoms with E-state index in [1.54, 1.807) is 0 Å². The molecule has 2 fully saturated rings. The van der Waals surface area contributed by atoms with Crippen LogP contribution < -0.4 is 5.32 Å². The van der Waals surface area contributed by atoms with Gasteiger partial charge in [-0.3, -0.25) is 0 Å². The predicted octanol–water partition coefficient (Wildman–Crippen LogP) is 4.67. The first-order chi connectivity index (χ1) is 10.2. The van der Waals surface area contributed by atoms with Crippen LogP contribution in [0.15, 0.2) is 10.2 Å². The summed E-state index contributed by atoms with van der Waals surface area (Å²) in [4.78, 5) is 0. The molecule has 0 aliphatic heterocycles. The van der Waals surface area contributed by atoms with Crippen molar-refractivity contribution in [3.63, 3.8) is 0 Å². The van der Waals surface area contributed by atoms with E-state index in [0.717, 1.165) is 35.7 Å². The third kappa shape index (κ3) is 5.19. The topological polar surface area (TPSA) is 36.8 Å². The van der Waals surface area contributed by atoms with Gasteiger partial charge < -0.3 is 5.32 Å². The van der Waals surface area contributed by atoms with Crippen molar-refractivity contribution in [2.24, 2.45) is 33.4 Å². The van der Waals surface area contributed by atoms with Gasteiger partial charge in [-0.15, -0.1) is 0 Å². The lowest BCUT2D eigenvalue weighted by Gasteiger charge is -2.42. The predicted molar refractivity (Wildman–Crippen MR) is 96.7 cm³/mol. The molecule has 2 atom stereocenters. The Balaban J connectivity index is 1.81. The van der Waals surface area contributed by atoms with Gasteiger partial charge in [0.1, 0.15) is 0 Å². The van der Waals surface area contributed by atoms with E-state index >= 15 is 0 Å². The van der Waals surface area contributed by atoms with Crippen LogP contribution in [0.25, 0.3) is 0 Å². The molecule has 2 aliphatic carbocycles. The SMILES string of the molecule is C/C(CNC1CC2CC(C)CC(C2)C1)=N/N=C(/C)C(C)(C)C. The normalized spacial score (nSPS) is 33.9. The van der Waals surface area contributed by atoms with Crippen LogP contribution >= 0.6 is 0 Å². The molecule has 2 rings (SSSR count). The van der Waals surface area contributed by atoms with Crippen molar-refractivity contribution in [2.45, 2.75) is 79.7 Å². The first-order valence-electron chi connectivity index (χ1n) is 9.05. The van der Waals surface area contributed by atoms with Crippen molar-refractivity contribution in [1.82, 2.24) is 5.32 Å². The molecule has 0 aromatic heterocycles. The number of nitrogens with zero attached hydrogens (tertiary/aromatic N) is 2. The van der Waals surface area contributed by atoms with Crippen LogP contribution in [0.2, 0.25) is 0 Å². The molecule has 2 aliphatic rings. The Morgan fingerprint density at radius 2 is 1.55 bits per heavy atom. The summed E-state index contributed by atoms with van der Waals surface area (Å²) in [6.07, 6.45) is 7.08. The second kappa shape index (κ2) is 7.25. The summed E-state index contributed by atoms with van der Waals surface area (Å²) in [7, 11) is 0. The molecule has 0 amide bonds. The van der Waals surface area contributed by atoms with Gasteiger partial charge in [-0.05, 0) is 63.7 Å². The van der Waals surface area contributed by atoms with Crippen molar-refractivity contribution in [3.05, 3.63) is 0 Å². The van der Waals surface area contributed by atoms with E-state index in [9.17, 15) is 0 Å². The summed E-state index contributed by atoms with van der Waals surface area (Å²) in [5, 5.41) is 12.5. The molecular weight excluding hydrogens is 270 g/mol. The molecule has 3 nitrogen and oxygen atoms in total. The molecule has 0 radical (unpaired) electrons. The lowest BCUT2D eigenvalue weighted by atomic mass is 9.67. The summed E-state index contributed by atoms with van der Waals surface area (Å²) in [5.74, 6) is 2.86. The highest BCUT2D eigenvalue weighted by molar-refractivity contribution is 5.89. The van der Waals surface area contributed by atoms with Crippen LogP contribution in [0.4, 0.5) is 0 Å². The lowest BCUT2D eigenvalue weighted by Crippen LogP contribution is -2.42. The van der Waals surface area contributed by atoms with Gasteiger partial charge in [0.15, 0.2) is 0 Å². The van der Waals surface area contributed by atoms with Crippen LogP contribution in [0, 0.1) is 23.2 Å². The molecule has 2 bridgehead atoms. The zero-order valence-electron chi connectivity index (χ0n) is 15.4. The molecule has 22 heavy (non-hydrogen) atoms. The van der Waals surface area contributed by atoms with Crippen molar-refractivity contribution in [3.8, 4) is 0 Å². The number of rotatable bonds is 4. The highest BCUT2D eigenvalue weighted by Gasteiger charge is 2.34. The Hall–Kier alpha value is -0.700. The molecule has 126 valence electrons. The third-order valence-corrected chi connectivity index (χ3v) is 5.48. The number of nitrogens with one attached hydrogen (secondary N) is 1. The van der Waals surface area contributed by atoms with Gasteiger partial charge in [0.05, 0.1) is 5.71 Å². The van der Waals surface area contributed by atoms with Gasteiger partial charge in [0, 0.05) is 23.7 Å². The maximum Gasteiger partial charge on any atom is 0.0512 e. The molecule has 0 aromatic carbocycles. The summed E-state index contributed by atoms with van der Waals surface area (Å²) in [6.45, 7) is 14.0. The highest BCUT2D eigenvalue weighted by Crippen LogP contribution is 2.42. The van der Waals surface area contributed by atoms with E-state index in [-0.39, 0.29) is 5.41 Å². The second-order valence-electron chi connectivity index (χ2n) is 8.86. The Kier molecular flexibility index (Phi) is 5.81. The zero-order valence-corrected chi connectivity index (χ0v) is 15.4. The third-order valence-electron chi connectivity index (χ3n) is 5.48. The van der Waals surface area contributed by atoms with E-state index in [2.05, 4.69) is 57.1 Å². The molecule has 0 heterocycles. The smallest absolute Gasteiger partial charge is 0.0512 e. The Labute approximate surface area is 137 Å². The van der Waals surface area contributed by atoms with Gasteiger partial charge in [-0.25, -0.2) is 0 Å². The number of hydrogen-bond acceptors (Lipinski definition) is 3. The molecule has 0 aromatic rings. The summed E-state index contributed by atoms with van der Waals surface area (Å²) < 4.78 is 0. The fraction of sp³-hybridized carbons (Fsp3) is 0.895. The Morgan fingerprint density at radius 1 is 0.955 bits per heavy atom. The van der Waals surface area contributed by atoms with Gasteiger partial charge in [-0.1, -0.05) is 27.7 Å². The average molecular weight is 306 g/mol. The summed E-state index contributed by atoms with van der Waals surface area (Å²) in [5.41, 5.74) is 2.29. The number of hydrogen-bond donors (Lipinski definition) is 1. The maximum atomic E-state index is 4.40. The van der Waals surface area contributed by atoms with Gasteiger partial charge in [0.25, 0.3) is 0 Å². The number of fused-ring (bicyclic) bond motifs is 2. The lowest BCUT2D eigenvalue weighted by molar-refractivity contribution is 0.120. The van der Waals surface area contributed by atoms with Crippen LogP contribution in [0.1, 0.15) is 73.6 Å². The maximum absolute atomic E-state index is 4.40. The quantitative estimate of drug-likeness (QED) is 0.594. The summed E-state index contributed by atoms with van der Waals surface area (Å²) in [6, 6.07) is 0.689. The van der Waals surface area contributed by atoms with E-state index in [0.29, 0.717) is 6.04 Å². The summed E-state index contributed by atoms with van der Waals surface area (Å²) >= 11 is 0. The van der Waals surface area contributed by atoms with Crippen LogP contribution in [-0.2, 0) is 0 Å². The van der Waals surface area contributed by atoms with Crippen LogP contribution in [0.5, 0.6) is 0 Å². The largest absolute Gasteiger partial charge is 0.309 e. The Morgan fingerprint density at radius 3 is 2.09 bits per heavy atom. The van der Waals surface area contributed by atoms with Crippen molar-refractivity contribution < 1.29 is 0 Å². The van der Waals surface area contributed by atoms with Crippen LogP contribution in [0.3, 0.4) is 0 Å². The first-order valence-corrected chi connectivity index (χ1v) is 9.05. The standard InChI is InChI=1S/C19H35N3/c1-13-7-16-9-17(8-13)11-18(10-16)20-12-14(2)21-22-15(3)19(4,5)6/h13,16-18,20H,7-12H2,1-6H3/b21-14-,22-15-. The molecule has 2 unspecified atom stereocenters. The Bertz CT molecular complexity index is 412. The minimum Gasteiger partial charge on any atom is -0.309 e. The van der Waals surface area contributed by atoms with E-state index in [1.807, 2.05) is 0 Å². The minimum absolute atomic E-state index is 0.106. The van der Waals surface area contributed by atoms with Crippen molar-refractivity contribution in [2.75, 3.05) is 6.54 Å². The molecule has 2 saturated carbocycles. The first kappa shape index (κ1) is 17.7. The zero-order chi connectivity index (χ0) is 16.3. The van der Waals surface area contributed by atoms with E-state index in [4.69, 9.17) is 0 Å². The fourth-order valence-corrected chi connectivity index (χ4v) is 3.99. The van der Waals surface area contributed by atoms with Crippen LogP contribution in [-0.4, -0.2) is 24.0 Å². The van der Waals surface area contributed by atoms with Gasteiger partial charge in [0.2, 0.25) is 0 Å². The monoisotopic (exact) mass is 305 g/mol. The fourth-order valence-electron chi connectivity index (χ4n) is 3.99. The van der Waals surface area contributed by atoms with Crippen molar-refractivity contribution >= 4 is 11.4 Å².